The highest BCUT2D eigenvalue weighted by molar-refractivity contribution is 7.92. The van der Waals surface area contributed by atoms with Gasteiger partial charge < -0.3 is 10.2 Å². The van der Waals surface area contributed by atoms with Crippen LogP contribution in [0.2, 0.25) is 10.0 Å². The number of carbonyl (C=O) groups is 2. The van der Waals surface area contributed by atoms with Gasteiger partial charge >= 0.3 is 6.18 Å². The zero-order chi connectivity index (χ0) is 35.9. The van der Waals surface area contributed by atoms with Crippen LogP contribution in [0.15, 0.2) is 102 Å². The lowest BCUT2D eigenvalue weighted by atomic mass is 10.0. The largest absolute Gasteiger partial charge is 0.416 e. The van der Waals surface area contributed by atoms with E-state index in [9.17, 15) is 31.2 Å². The first-order valence-electron chi connectivity index (χ1n) is 15.4. The van der Waals surface area contributed by atoms with E-state index in [1.807, 2.05) is 13.8 Å². The number of hydrogen-bond acceptors (Lipinski definition) is 4. The molecule has 0 aliphatic heterocycles. The first-order chi connectivity index (χ1) is 23.1. The summed E-state index contributed by atoms with van der Waals surface area (Å²) in [6.07, 6.45) is -4.76. The molecule has 7 nitrogen and oxygen atoms in total. The van der Waals surface area contributed by atoms with E-state index in [1.165, 1.54) is 23.1 Å². The summed E-state index contributed by atoms with van der Waals surface area (Å²) in [5.41, 5.74) is 0.275. The van der Waals surface area contributed by atoms with Crippen molar-refractivity contribution in [2.45, 2.75) is 50.9 Å². The number of halogens is 5. The topological polar surface area (TPSA) is 86.8 Å². The summed E-state index contributed by atoms with van der Waals surface area (Å²) in [5, 5.41) is 3.27. The molecule has 2 amide bonds. The summed E-state index contributed by atoms with van der Waals surface area (Å²) in [6, 6.07) is 21.9. The molecule has 1 N–H and O–H groups in total. The van der Waals surface area contributed by atoms with E-state index in [1.54, 1.807) is 67.6 Å². The fourth-order valence-corrected chi connectivity index (χ4v) is 6.96. The Hall–Kier alpha value is -4.06. The van der Waals surface area contributed by atoms with Gasteiger partial charge in [-0.15, -0.1) is 0 Å². The monoisotopic (exact) mass is 733 g/mol. The van der Waals surface area contributed by atoms with E-state index in [-0.39, 0.29) is 46.1 Å². The molecule has 0 aromatic heterocycles. The van der Waals surface area contributed by atoms with Crippen molar-refractivity contribution in [1.82, 2.24) is 10.2 Å². The molecule has 260 valence electrons. The lowest BCUT2D eigenvalue weighted by Gasteiger charge is -2.34. The lowest BCUT2D eigenvalue weighted by Crippen LogP contribution is -2.53. The van der Waals surface area contributed by atoms with Gasteiger partial charge in [-0.25, -0.2) is 8.42 Å². The van der Waals surface area contributed by atoms with E-state index < -0.39 is 46.2 Å². The minimum absolute atomic E-state index is 0.0346. The van der Waals surface area contributed by atoms with Crippen LogP contribution >= 0.6 is 23.2 Å². The van der Waals surface area contributed by atoms with Crippen molar-refractivity contribution in [2.24, 2.45) is 5.92 Å². The van der Waals surface area contributed by atoms with Crippen molar-refractivity contribution in [3.8, 4) is 0 Å². The number of nitrogens with one attached hydrogen (secondary N) is 1. The quantitative estimate of drug-likeness (QED) is 0.151. The number of sulfonamides is 1. The van der Waals surface area contributed by atoms with Gasteiger partial charge in [0, 0.05) is 35.1 Å². The molecule has 0 bridgehead atoms. The number of anilines is 1. The molecule has 0 aliphatic rings. The molecule has 49 heavy (non-hydrogen) atoms. The Bertz CT molecular complexity index is 1850. The second-order valence-corrected chi connectivity index (χ2v) is 14.6. The van der Waals surface area contributed by atoms with Crippen LogP contribution in [0.1, 0.15) is 36.1 Å². The fourth-order valence-electron chi connectivity index (χ4n) is 5.03. The number of alkyl halides is 3. The van der Waals surface area contributed by atoms with Crippen molar-refractivity contribution in [3.63, 3.8) is 0 Å². The molecule has 0 saturated carbocycles. The second-order valence-electron chi connectivity index (χ2n) is 11.9. The zero-order valence-electron chi connectivity index (χ0n) is 27.0. The second kappa shape index (κ2) is 16.1. The van der Waals surface area contributed by atoms with Crippen LogP contribution in [0.3, 0.4) is 0 Å². The van der Waals surface area contributed by atoms with Gasteiger partial charge in [-0.05, 0) is 60.9 Å². The van der Waals surface area contributed by atoms with Crippen LogP contribution in [-0.2, 0) is 38.8 Å². The van der Waals surface area contributed by atoms with Gasteiger partial charge in [-0.2, -0.15) is 13.2 Å². The number of amides is 2. The maximum Gasteiger partial charge on any atom is 0.416 e. The summed E-state index contributed by atoms with van der Waals surface area (Å²) in [5.74, 6) is -1.31. The van der Waals surface area contributed by atoms with Gasteiger partial charge in [0.25, 0.3) is 10.0 Å². The number of nitrogens with zero attached hydrogens (tertiary/aromatic N) is 2. The predicted molar refractivity (Wildman–Crippen MR) is 186 cm³/mol. The third-order valence-corrected chi connectivity index (χ3v) is 10.2. The Balaban J connectivity index is 1.87. The molecule has 0 unspecified atom stereocenters. The van der Waals surface area contributed by atoms with E-state index >= 15 is 0 Å². The van der Waals surface area contributed by atoms with Crippen LogP contribution < -0.4 is 9.62 Å². The van der Waals surface area contributed by atoms with Gasteiger partial charge in [0.1, 0.15) is 12.6 Å². The minimum atomic E-state index is -4.79. The highest BCUT2D eigenvalue weighted by Crippen LogP contribution is 2.34. The molecule has 4 aromatic carbocycles. The van der Waals surface area contributed by atoms with Crippen molar-refractivity contribution < 1.29 is 31.2 Å². The SMILES string of the molecule is Cc1ccc(S(=O)(=O)N(CC(=O)N(Cc2c(Cl)cccc2Cl)[C@H](Cc2ccccc2)C(=O)NCC(C)C)c2cccc(C(F)(F)F)c2)cc1. The Morgan fingerprint density at radius 1 is 0.857 bits per heavy atom. The first kappa shape index (κ1) is 37.8. The average molecular weight is 735 g/mol. The normalized spacial score (nSPS) is 12.4. The number of rotatable bonds is 13. The Labute approximate surface area is 294 Å². The van der Waals surface area contributed by atoms with Gasteiger partial charge in [0.2, 0.25) is 11.8 Å². The summed E-state index contributed by atoms with van der Waals surface area (Å²) < 4.78 is 70.4. The molecule has 0 radical (unpaired) electrons. The predicted octanol–water partition coefficient (Wildman–Crippen LogP) is 7.93. The third kappa shape index (κ3) is 9.77. The van der Waals surface area contributed by atoms with Crippen LogP contribution in [0.4, 0.5) is 18.9 Å². The molecule has 0 fully saturated rings. The molecule has 1 atom stereocenters. The summed E-state index contributed by atoms with van der Waals surface area (Å²) in [4.78, 5) is 29.4. The number of aryl methyl sites for hydroxylation is 1. The van der Waals surface area contributed by atoms with E-state index in [2.05, 4.69) is 5.32 Å². The van der Waals surface area contributed by atoms with E-state index in [0.717, 1.165) is 17.7 Å². The molecule has 4 aromatic rings. The molecule has 0 heterocycles. The van der Waals surface area contributed by atoms with Crippen molar-refractivity contribution in [3.05, 3.63) is 129 Å². The lowest BCUT2D eigenvalue weighted by molar-refractivity contribution is -0.140. The number of benzene rings is 4. The maximum atomic E-state index is 14.6. The molecule has 0 aliphatic carbocycles. The van der Waals surface area contributed by atoms with Crippen molar-refractivity contribution in [1.29, 1.82) is 0 Å². The highest BCUT2D eigenvalue weighted by atomic mass is 35.5. The van der Waals surface area contributed by atoms with Crippen LogP contribution in [-0.4, -0.2) is 44.3 Å². The van der Waals surface area contributed by atoms with Gasteiger partial charge in [-0.1, -0.05) is 97.2 Å². The average Bonchev–Trinajstić information content (AvgIpc) is 3.05. The smallest absolute Gasteiger partial charge is 0.354 e. The first-order valence-corrected chi connectivity index (χ1v) is 17.6. The Morgan fingerprint density at radius 2 is 1.47 bits per heavy atom. The third-order valence-electron chi connectivity index (χ3n) is 7.70. The fraction of sp³-hybridized carbons (Fsp3) is 0.278. The van der Waals surface area contributed by atoms with Crippen molar-refractivity contribution >= 4 is 50.7 Å². The number of hydrogen-bond donors (Lipinski definition) is 1. The summed E-state index contributed by atoms with van der Waals surface area (Å²) in [6.45, 7) is 4.60. The number of carbonyl (C=O) groups excluding carboxylic acids is 2. The molecule has 4 rings (SSSR count). The molecular formula is C36H36Cl2F3N3O4S. The molecule has 13 heteroatoms. The van der Waals surface area contributed by atoms with Gasteiger partial charge in [0.15, 0.2) is 0 Å². The zero-order valence-corrected chi connectivity index (χ0v) is 29.4. The minimum Gasteiger partial charge on any atom is -0.354 e. The molecule has 0 saturated heterocycles. The molecule has 0 spiro atoms. The van der Waals surface area contributed by atoms with Crippen molar-refractivity contribution in [2.75, 3.05) is 17.4 Å². The Morgan fingerprint density at radius 3 is 2.06 bits per heavy atom. The van der Waals surface area contributed by atoms with E-state index in [4.69, 9.17) is 23.2 Å². The molecular weight excluding hydrogens is 698 g/mol. The summed E-state index contributed by atoms with van der Waals surface area (Å²) in [7, 11) is -4.61. The highest BCUT2D eigenvalue weighted by Gasteiger charge is 2.37. The standard InChI is InChI=1S/C36H36Cl2F3N3O4S/c1-24(2)21-42-35(46)33(19-26-9-5-4-6-10-26)43(22-30-31(37)13-8-14-32(30)38)34(45)23-44(28-12-7-11-27(20-28)36(39,40)41)49(47,48)29-17-15-25(3)16-18-29/h4-18,20,24,33H,19,21-23H2,1-3H3,(H,42,46)/t33-/m1/s1. The van der Waals surface area contributed by atoms with Crippen LogP contribution in [0, 0.1) is 12.8 Å². The Kier molecular flexibility index (Phi) is 12.4. The van der Waals surface area contributed by atoms with E-state index in [0.29, 0.717) is 21.5 Å². The van der Waals surface area contributed by atoms with Crippen LogP contribution in [0.5, 0.6) is 0 Å². The van der Waals surface area contributed by atoms with Crippen LogP contribution in [0.25, 0.3) is 0 Å². The maximum absolute atomic E-state index is 14.6. The van der Waals surface area contributed by atoms with Gasteiger partial charge in [-0.3, -0.25) is 13.9 Å². The summed E-state index contributed by atoms with van der Waals surface area (Å²) >= 11 is 13.0. The van der Waals surface area contributed by atoms with Gasteiger partial charge in [0.05, 0.1) is 16.1 Å².